The molecule has 0 saturated heterocycles. The lowest BCUT2D eigenvalue weighted by Gasteiger charge is -2.12. The second kappa shape index (κ2) is 6.72. The number of methoxy groups -OCH3 is 1. The number of halogens is 2. The predicted octanol–water partition coefficient (Wildman–Crippen LogP) is 3.77. The standard InChI is InChI=1S/C15H15F2NOS/c1-19-12-5-2-10(3-6-12)14(18)9-20-15-7-4-11(16)8-13(15)17/h2-8,14H,9,18H2,1H3. The Morgan fingerprint density at radius 3 is 2.45 bits per heavy atom. The first kappa shape index (κ1) is 14.8. The zero-order valence-corrected chi connectivity index (χ0v) is 11.8. The summed E-state index contributed by atoms with van der Waals surface area (Å²) in [7, 11) is 1.60. The number of hydrogen-bond donors (Lipinski definition) is 1. The maximum absolute atomic E-state index is 13.5. The Balaban J connectivity index is 1.98. The van der Waals surface area contributed by atoms with Crippen LogP contribution in [0.15, 0.2) is 47.4 Å². The van der Waals surface area contributed by atoms with Gasteiger partial charge >= 0.3 is 0 Å². The predicted molar refractivity (Wildman–Crippen MR) is 77.0 cm³/mol. The third kappa shape index (κ3) is 3.71. The van der Waals surface area contributed by atoms with Crippen LogP contribution in [-0.2, 0) is 0 Å². The zero-order valence-electron chi connectivity index (χ0n) is 11.0. The van der Waals surface area contributed by atoms with Crippen molar-refractivity contribution in [3.8, 4) is 5.75 Å². The summed E-state index contributed by atoms with van der Waals surface area (Å²) >= 11 is 1.27. The second-order valence-electron chi connectivity index (χ2n) is 4.27. The van der Waals surface area contributed by atoms with Crippen LogP contribution in [0.3, 0.4) is 0 Å². The summed E-state index contributed by atoms with van der Waals surface area (Å²) in [6, 6.07) is 10.7. The average Bonchev–Trinajstić information content (AvgIpc) is 2.46. The van der Waals surface area contributed by atoms with Crippen molar-refractivity contribution >= 4 is 11.8 Å². The molecule has 0 aliphatic carbocycles. The molecule has 1 atom stereocenters. The van der Waals surface area contributed by atoms with Crippen molar-refractivity contribution < 1.29 is 13.5 Å². The van der Waals surface area contributed by atoms with E-state index in [1.54, 1.807) is 7.11 Å². The molecule has 0 aliphatic rings. The van der Waals surface area contributed by atoms with E-state index < -0.39 is 11.6 Å². The number of ether oxygens (including phenoxy) is 1. The van der Waals surface area contributed by atoms with Crippen LogP contribution in [0, 0.1) is 11.6 Å². The topological polar surface area (TPSA) is 35.2 Å². The molecule has 2 rings (SSSR count). The van der Waals surface area contributed by atoms with Crippen molar-refractivity contribution in [2.75, 3.05) is 12.9 Å². The number of thioether (sulfide) groups is 1. The van der Waals surface area contributed by atoms with E-state index in [0.717, 1.165) is 17.4 Å². The molecule has 2 nitrogen and oxygen atoms in total. The highest BCUT2D eigenvalue weighted by molar-refractivity contribution is 7.99. The van der Waals surface area contributed by atoms with Crippen molar-refractivity contribution in [3.05, 3.63) is 59.7 Å². The summed E-state index contributed by atoms with van der Waals surface area (Å²) in [5, 5.41) is 0. The Morgan fingerprint density at radius 1 is 1.15 bits per heavy atom. The van der Waals surface area contributed by atoms with Crippen LogP contribution in [-0.4, -0.2) is 12.9 Å². The molecular weight excluding hydrogens is 280 g/mol. The highest BCUT2D eigenvalue weighted by Gasteiger charge is 2.10. The van der Waals surface area contributed by atoms with Gasteiger partial charge in [-0.1, -0.05) is 12.1 Å². The quantitative estimate of drug-likeness (QED) is 0.853. The lowest BCUT2D eigenvalue weighted by Crippen LogP contribution is -2.12. The summed E-state index contributed by atoms with van der Waals surface area (Å²) in [4.78, 5) is 0.398. The van der Waals surface area contributed by atoms with Crippen LogP contribution in [0.5, 0.6) is 5.75 Å². The first-order valence-electron chi connectivity index (χ1n) is 6.07. The van der Waals surface area contributed by atoms with Crippen LogP contribution in [0.4, 0.5) is 8.78 Å². The Kier molecular flexibility index (Phi) is 4.98. The Hall–Kier alpha value is -1.59. The van der Waals surface area contributed by atoms with Gasteiger partial charge in [0.15, 0.2) is 0 Å². The molecule has 2 N–H and O–H groups in total. The van der Waals surface area contributed by atoms with Crippen LogP contribution in [0.2, 0.25) is 0 Å². The monoisotopic (exact) mass is 295 g/mol. The van der Waals surface area contributed by atoms with Gasteiger partial charge in [0, 0.05) is 22.8 Å². The highest BCUT2D eigenvalue weighted by Crippen LogP contribution is 2.26. The van der Waals surface area contributed by atoms with Gasteiger partial charge in [-0.3, -0.25) is 0 Å². The SMILES string of the molecule is COc1ccc(C(N)CSc2ccc(F)cc2F)cc1. The highest BCUT2D eigenvalue weighted by atomic mass is 32.2. The molecule has 0 aromatic heterocycles. The Bertz CT molecular complexity index is 575. The van der Waals surface area contributed by atoms with Crippen LogP contribution < -0.4 is 10.5 Å². The maximum Gasteiger partial charge on any atom is 0.139 e. The van der Waals surface area contributed by atoms with E-state index in [9.17, 15) is 8.78 Å². The van der Waals surface area contributed by atoms with Gasteiger partial charge in [0.2, 0.25) is 0 Å². The van der Waals surface area contributed by atoms with Crippen molar-refractivity contribution in [1.29, 1.82) is 0 Å². The minimum Gasteiger partial charge on any atom is -0.497 e. The van der Waals surface area contributed by atoms with Gasteiger partial charge in [-0.15, -0.1) is 11.8 Å². The van der Waals surface area contributed by atoms with E-state index in [1.165, 1.54) is 23.9 Å². The van der Waals surface area contributed by atoms with E-state index in [1.807, 2.05) is 24.3 Å². The molecule has 2 aromatic rings. The molecule has 5 heteroatoms. The van der Waals surface area contributed by atoms with Gasteiger partial charge in [0.25, 0.3) is 0 Å². The fourth-order valence-electron chi connectivity index (χ4n) is 1.72. The van der Waals surface area contributed by atoms with E-state index in [4.69, 9.17) is 10.5 Å². The van der Waals surface area contributed by atoms with E-state index in [0.29, 0.717) is 10.6 Å². The summed E-state index contributed by atoms with van der Waals surface area (Å²) < 4.78 is 31.4. The van der Waals surface area contributed by atoms with Gasteiger partial charge in [0.1, 0.15) is 17.4 Å². The first-order valence-corrected chi connectivity index (χ1v) is 7.06. The summed E-state index contributed by atoms with van der Waals surface area (Å²) in [6.07, 6.45) is 0. The van der Waals surface area contributed by atoms with Gasteiger partial charge in [-0.05, 0) is 29.8 Å². The Labute approximate surface area is 120 Å². The van der Waals surface area contributed by atoms with Crippen molar-refractivity contribution in [1.82, 2.24) is 0 Å². The molecule has 0 spiro atoms. The minimum absolute atomic E-state index is 0.227. The number of hydrogen-bond acceptors (Lipinski definition) is 3. The smallest absolute Gasteiger partial charge is 0.139 e. The van der Waals surface area contributed by atoms with Crippen LogP contribution in [0.1, 0.15) is 11.6 Å². The molecule has 0 saturated carbocycles. The van der Waals surface area contributed by atoms with Gasteiger partial charge in [-0.25, -0.2) is 8.78 Å². The second-order valence-corrected chi connectivity index (χ2v) is 5.33. The third-order valence-corrected chi connectivity index (χ3v) is 4.02. The summed E-state index contributed by atoms with van der Waals surface area (Å²) in [6.45, 7) is 0. The van der Waals surface area contributed by atoms with Crippen LogP contribution >= 0.6 is 11.8 Å². The Morgan fingerprint density at radius 2 is 1.85 bits per heavy atom. The molecule has 0 heterocycles. The largest absolute Gasteiger partial charge is 0.497 e. The average molecular weight is 295 g/mol. The molecule has 0 fully saturated rings. The molecule has 0 radical (unpaired) electrons. The molecule has 2 aromatic carbocycles. The maximum atomic E-state index is 13.5. The molecule has 20 heavy (non-hydrogen) atoms. The molecule has 106 valence electrons. The first-order chi connectivity index (χ1) is 9.60. The van der Waals surface area contributed by atoms with E-state index in [-0.39, 0.29) is 6.04 Å². The normalized spacial score (nSPS) is 12.2. The lowest BCUT2D eigenvalue weighted by atomic mass is 10.1. The van der Waals surface area contributed by atoms with Gasteiger partial charge < -0.3 is 10.5 Å². The van der Waals surface area contributed by atoms with Crippen molar-refractivity contribution in [2.24, 2.45) is 5.73 Å². The fourth-order valence-corrected chi connectivity index (χ4v) is 2.63. The number of nitrogens with two attached hydrogens (primary N) is 1. The minimum atomic E-state index is -0.577. The fraction of sp³-hybridized carbons (Fsp3) is 0.200. The zero-order chi connectivity index (χ0) is 14.5. The lowest BCUT2D eigenvalue weighted by molar-refractivity contribution is 0.414. The van der Waals surface area contributed by atoms with Crippen molar-refractivity contribution in [2.45, 2.75) is 10.9 Å². The van der Waals surface area contributed by atoms with Crippen molar-refractivity contribution in [3.63, 3.8) is 0 Å². The molecule has 0 bridgehead atoms. The third-order valence-electron chi connectivity index (χ3n) is 2.86. The van der Waals surface area contributed by atoms with E-state index in [2.05, 4.69) is 0 Å². The van der Waals surface area contributed by atoms with Gasteiger partial charge in [0.05, 0.1) is 7.11 Å². The summed E-state index contributed by atoms with van der Waals surface area (Å²) in [5.41, 5.74) is 7.00. The van der Waals surface area contributed by atoms with Crippen LogP contribution in [0.25, 0.3) is 0 Å². The summed E-state index contributed by atoms with van der Waals surface area (Å²) in [5.74, 6) is 0.135. The van der Waals surface area contributed by atoms with E-state index >= 15 is 0 Å². The molecule has 0 aliphatic heterocycles. The number of benzene rings is 2. The number of rotatable bonds is 5. The molecular formula is C15H15F2NOS. The van der Waals surface area contributed by atoms with Gasteiger partial charge in [-0.2, -0.15) is 0 Å². The molecule has 0 amide bonds. The molecule has 1 unspecified atom stereocenters.